The summed E-state index contributed by atoms with van der Waals surface area (Å²) in [5.74, 6) is -10.2. The zero-order chi connectivity index (χ0) is 35.9. The lowest BCUT2D eigenvalue weighted by Gasteiger charge is -2.28. The van der Waals surface area contributed by atoms with Gasteiger partial charge in [-0.2, -0.15) is 0 Å². The number of carbonyl (C=O) groups is 6. The predicted octanol–water partition coefficient (Wildman–Crippen LogP) is 0.952. The van der Waals surface area contributed by atoms with E-state index in [-0.39, 0.29) is 12.0 Å². The number of amides is 4. The Morgan fingerprint density at radius 1 is 0.729 bits per heavy atom. The molecule has 0 spiro atoms. The fourth-order valence-corrected chi connectivity index (χ4v) is 4.91. The van der Waals surface area contributed by atoms with Crippen LogP contribution in [0.3, 0.4) is 0 Å². The van der Waals surface area contributed by atoms with Gasteiger partial charge in [0.1, 0.15) is 24.2 Å². The molecule has 16 heteroatoms. The lowest BCUT2D eigenvalue weighted by molar-refractivity contribution is -0.144. The third-order valence-electron chi connectivity index (χ3n) is 7.54. The number of phenols is 3. The molecule has 0 radical (unpaired) electrons. The van der Waals surface area contributed by atoms with Crippen molar-refractivity contribution in [2.45, 2.75) is 64.7 Å². The average Bonchev–Trinajstić information content (AvgIpc) is 3.41. The molecule has 1 aromatic heterocycles. The number of nitrogens with one attached hydrogen (secondary N) is 5. The van der Waals surface area contributed by atoms with Crippen LogP contribution < -0.4 is 21.3 Å². The molecule has 0 fully saturated rings. The maximum absolute atomic E-state index is 13.8. The normalized spacial score (nSPS) is 13.7. The van der Waals surface area contributed by atoms with Crippen LogP contribution in [0.4, 0.5) is 0 Å². The number of carboxylic acids is 2. The van der Waals surface area contributed by atoms with Crippen LogP contribution >= 0.6 is 0 Å². The Balaban J connectivity index is 1.89. The molecule has 3 aromatic rings. The minimum absolute atomic E-state index is 0.0973. The van der Waals surface area contributed by atoms with Gasteiger partial charge in [0.15, 0.2) is 17.2 Å². The van der Waals surface area contributed by atoms with Gasteiger partial charge in [0, 0.05) is 29.1 Å². The van der Waals surface area contributed by atoms with Gasteiger partial charge in [-0.05, 0) is 35.6 Å². The van der Waals surface area contributed by atoms with Gasteiger partial charge in [0.25, 0.3) is 5.91 Å². The lowest BCUT2D eigenvalue weighted by Crippen LogP contribution is -2.59. The molecule has 0 bridgehead atoms. The summed E-state index contributed by atoms with van der Waals surface area (Å²) in [6, 6.07) is 3.18. The predicted molar refractivity (Wildman–Crippen MR) is 170 cm³/mol. The number of fused-ring (bicyclic) bond motifs is 1. The fraction of sp³-hybridized carbons (Fsp3) is 0.375. The molecular formula is C32H39N5O11. The third-order valence-corrected chi connectivity index (χ3v) is 7.54. The maximum Gasteiger partial charge on any atom is 0.326 e. The Bertz CT molecular complexity index is 1680. The van der Waals surface area contributed by atoms with E-state index >= 15 is 0 Å². The molecule has 16 nitrogen and oxygen atoms in total. The highest BCUT2D eigenvalue weighted by atomic mass is 16.4. The molecule has 258 valence electrons. The van der Waals surface area contributed by atoms with Crippen molar-refractivity contribution in [1.29, 1.82) is 0 Å². The van der Waals surface area contributed by atoms with Crippen LogP contribution in [0.15, 0.2) is 42.6 Å². The minimum atomic E-state index is -1.69. The third kappa shape index (κ3) is 9.14. The van der Waals surface area contributed by atoms with Gasteiger partial charge >= 0.3 is 11.9 Å². The van der Waals surface area contributed by atoms with E-state index in [1.54, 1.807) is 44.3 Å². The molecule has 0 unspecified atom stereocenters. The Kier molecular flexibility index (Phi) is 12.0. The molecular weight excluding hydrogens is 630 g/mol. The summed E-state index contributed by atoms with van der Waals surface area (Å²) in [6.07, 6.45) is 0.658. The molecule has 4 atom stereocenters. The number of phenolic OH excluding ortho intramolecular Hbond substituents is 3. The standard InChI is InChI=1S/C32H39N5O11/c1-14(2)25(31(46)35-21(12-24(40)41)30(45)37-26(15(3)4)32(47)48)36-29(44)20(9-17-13-33-19-8-6-5-7-18(17)19)34-28(43)16-10-22(38)27(42)23(39)11-16/h5-8,10-11,13-15,20-21,25-26,33,38-39,42H,9,12H2,1-4H3,(H,34,43)(H,35,46)(H,36,44)(H,37,45)(H,40,41)(H,47,48)/t20-,21-,25+,26+/m0/s1. The van der Waals surface area contributed by atoms with Crippen molar-refractivity contribution in [3.63, 3.8) is 0 Å². The van der Waals surface area contributed by atoms with Crippen molar-refractivity contribution in [2.24, 2.45) is 11.8 Å². The first kappa shape index (κ1) is 36.7. The van der Waals surface area contributed by atoms with Crippen LogP contribution in [-0.4, -0.2) is 90.3 Å². The van der Waals surface area contributed by atoms with Gasteiger partial charge in [-0.25, -0.2) is 4.79 Å². The summed E-state index contributed by atoms with van der Waals surface area (Å²) >= 11 is 0. The largest absolute Gasteiger partial charge is 0.504 e. The number of hydrogen-bond acceptors (Lipinski definition) is 9. The maximum atomic E-state index is 13.8. The zero-order valence-corrected chi connectivity index (χ0v) is 26.6. The monoisotopic (exact) mass is 669 g/mol. The van der Waals surface area contributed by atoms with E-state index in [9.17, 15) is 54.3 Å². The first-order valence-corrected chi connectivity index (χ1v) is 15.0. The van der Waals surface area contributed by atoms with Crippen molar-refractivity contribution in [3.8, 4) is 17.2 Å². The number of carbonyl (C=O) groups excluding carboxylic acids is 4. The van der Waals surface area contributed by atoms with Crippen LogP contribution in [0.5, 0.6) is 17.2 Å². The van der Waals surface area contributed by atoms with Crippen molar-refractivity contribution in [3.05, 3.63) is 53.7 Å². The van der Waals surface area contributed by atoms with E-state index < -0.39 is 95.2 Å². The van der Waals surface area contributed by atoms with Crippen molar-refractivity contribution >= 4 is 46.5 Å². The van der Waals surface area contributed by atoms with E-state index in [0.717, 1.165) is 23.0 Å². The van der Waals surface area contributed by atoms with Crippen LogP contribution in [0.2, 0.25) is 0 Å². The van der Waals surface area contributed by atoms with Gasteiger partial charge in [-0.3, -0.25) is 24.0 Å². The van der Waals surface area contributed by atoms with E-state index in [2.05, 4.69) is 26.3 Å². The smallest absolute Gasteiger partial charge is 0.326 e. The number of carboxylic acid groups (broad SMARTS) is 2. The van der Waals surface area contributed by atoms with Crippen molar-refractivity contribution in [1.82, 2.24) is 26.3 Å². The first-order valence-electron chi connectivity index (χ1n) is 15.0. The molecule has 0 aliphatic heterocycles. The van der Waals surface area contributed by atoms with Crippen molar-refractivity contribution in [2.75, 3.05) is 0 Å². The van der Waals surface area contributed by atoms with Gasteiger partial charge in [-0.15, -0.1) is 0 Å². The number of aliphatic carboxylic acids is 2. The quantitative estimate of drug-likeness (QED) is 0.102. The van der Waals surface area contributed by atoms with E-state index in [0.29, 0.717) is 5.56 Å². The van der Waals surface area contributed by atoms with Crippen LogP contribution in [0.1, 0.15) is 50.0 Å². The number of aromatic amines is 1. The number of benzene rings is 2. The number of aromatic nitrogens is 1. The highest BCUT2D eigenvalue weighted by molar-refractivity contribution is 6.00. The molecule has 3 rings (SSSR count). The number of H-pyrrole nitrogens is 1. The highest BCUT2D eigenvalue weighted by Crippen LogP contribution is 2.35. The number of para-hydroxylation sites is 1. The summed E-state index contributed by atoms with van der Waals surface area (Å²) in [7, 11) is 0. The summed E-state index contributed by atoms with van der Waals surface area (Å²) < 4.78 is 0. The Morgan fingerprint density at radius 3 is 1.85 bits per heavy atom. The molecule has 1 heterocycles. The molecule has 10 N–H and O–H groups in total. The highest BCUT2D eigenvalue weighted by Gasteiger charge is 2.34. The SMILES string of the molecule is CC(C)[C@@H](NC(=O)[C@H](CC(=O)O)NC(=O)[C@H](NC(=O)[C@H](Cc1c[nH]c2ccccc12)NC(=O)c1cc(O)c(O)c(O)c1)C(C)C)C(=O)O. The molecule has 0 aliphatic rings. The second-order valence-electron chi connectivity index (χ2n) is 11.9. The second kappa shape index (κ2) is 15.7. The van der Waals surface area contributed by atoms with Gasteiger partial charge in [0.05, 0.1) is 6.42 Å². The average molecular weight is 670 g/mol. The number of aromatic hydroxyl groups is 3. The van der Waals surface area contributed by atoms with Gasteiger partial charge in [-0.1, -0.05) is 45.9 Å². The minimum Gasteiger partial charge on any atom is -0.504 e. The summed E-state index contributed by atoms with van der Waals surface area (Å²) in [6.45, 7) is 6.22. The van der Waals surface area contributed by atoms with Gasteiger partial charge < -0.3 is 51.8 Å². The lowest BCUT2D eigenvalue weighted by atomic mass is 9.99. The number of rotatable bonds is 15. The van der Waals surface area contributed by atoms with E-state index in [1.165, 1.54) is 13.8 Å². The molecule has 4 amide bonds. The van der Waals surface area contributed by atoms with Gasteiger partial charge in [0.2, 0.25) is 17.7 Å². The Labute approximate surface area is 274 Å². The van der Waals surface area contributed by atoms with Crippen LogP contribution in [0, 0.1) is 11.8 Å². The Hall–Kier alpha value is -5.80. The molecule has 0 aliphatic carbocycles. The van der Waals surface area contributed by atoms with E-state index in [4.69, 9.17) is 0 Å². The fourth-order valence-electron chi connectivity index (χ4n) is 4.91. The first-order chi connectivity index (χ1) is 22.5. The van der Waals surface area contributed by atoms with Crippen molar-refractivity contribution < 1.29 is 54.3 Å². The zero-order valence-electron chi connectivity index (χ0n) is 26.6. The summed E-state index contributed by atoms with van der Waals surface area (Å²) in [4.78, 5) is 79.6. The molecule has 48 heavy (non-hydrogen) atoms. The van der Waals surface area contributed by atoms with Crippen LogP contribution in [-0.2, 0) is 30.4 Å². The van der Waals surface area contributed by atoms with E-state index in [1.807, 2.05) is 0 Å². The molecule has 0 saturated carbocycles. The molecule has 2 aromatic carbocycles. The Morgan fingerprint density at radius 2 is 1.29 bits per heavy atom. The summed E-state index contributed by atoms with van der Waals surface area (Å²) in [5.41, 5.74) is 1.07. The molecule has 0 saturated heterocycles. The second-order valence-corrected chi connectivity index (χ2v) is 11.9. The number of hydrogen-bond donors (Lipinski definition) is 10. The topological polar surface area (TPSA) is 267 Å². The summed E-state index contributed by atoms with van der Waals surface area (Å²) in [5, 5.41) is 58.6. The van der Waals surface area contributed by atoms with Crippen LogP contribution in [0.25, 0.3) is 10.9 Å².